The lowest BCUT2D eigenvalue weighted by Crippen LogP contribution is -2.46. The number of carbonyl (C=O) groups excluding carboxylic acids is 1. The lowest BCUT2D eigenvalue weighted by atomic mass is 10.0. The van der Waals surface area contributed by atoms with Gasteiger partial charge < -0.3 is 10.6 Å². The molecule has 0 aliphatic rings. The van der Waals surface area contributed by atoms with Crippen LogP contribution in [0.3, 0.4) is 0 Å². The Hall–Kier alpha value is -0.870. The summed E-state index contributed by atoms with van der Waals surface area (Å²) in [5.41, 5.74) is -0.109. The van der Waals surface area contributed by atoms with Gasteiger partial charge in [-0.3, -0.25) is 4.79 Å². The predicted molar refractivity (Wildman–Crippen MR) is 68.5 cm³/mol. The summed E-state index contributed by atoms with van der Waals surface area (Å²) in [7, 11) is 0. The average molecular weight is 240 g/mol. The molecule has 0 spiro atoms. The van der Waals surface area contributed by atoms with E-state index in [1.54, 1.807) is 11.3 Å². The van der Waals surface area contributed by atoms with Crippen molar-refractivity contribution < 1.29 is 4.79 Å². The smallest absolute Gasteiger partial charge is 0.234 e. The first-order valence-corrected chi connectivity index (χ1v) is 6.45. The molecule has 0 unspecified atom stereocenters. The number of carbonyl (C=O) groups is 1. The normalized spacial score (nSPS) is 11.4. The van der Waals surface area contributed by atoms with Gasteiger partial charge in [0.25, 0.3) is 0 Å². The van der Waals surface area contributed by atoms with Crippen LogP contribution in [0.1, 0.15) is 32.1 Å². The van der Waals surface area contributed by atoms with E-state index < -0.39 is 0 Å². The topological polar surface area (TPSA) is 41.1 Å². The number of rotatable bonds is 6. The second kappa shape index (κ2) is 6.01. The van der Waals surface area contributed by atoms with Gasteiger partial charge in [-0.25, -0.2) is 0 Å². The zero-order valence-corrected chi connectivity index (χ0v) is 11.0. The molecule has 0 aliphatic carbocycles. The Morgan fingerprint density at radius 1 is 1.50 bits per heavy atom. The summed E-state index contributed by atoms with van der Waals surface area (Å²) in [5, 5.41) is 8.16. The second-order valence-corrected chi connectivity index (χ2v) is 5.50. The third-order valence-corrected chi connectivity index (χ3v) is 3.40. The van der Waals surface area contributed by atoms with Crippen molar-refractivity contribution in [2.24, 2.45) is 0 Å². The lowest BCUT2D eigenvalue weighted by Gasteiger charge is -2.24. The number of thiophene rings is 1. The van der Waals surface area contributed by atoms with Gasteiger partial charge in [-0.2, -0.15) is 0 Å². The molecular weight excluding hydrogens is 220 g/mol. The van der Waals surface area contributed by atoms with Gasteiger partial charge in [0.05, 0.1) is 6.54 Å². The minimum Gasteiger partial charge on any atom is -0.350 e. The van der Waals surface area contributed by atoms with Crippen molar-refractivity contribution in [3.8, 4) is 0 Å². The summed E-state index contributed by atoms with van der Waals surface area (Å²) in [5.74, 6) is 0.0587. The molecule has 1 aromatic heterocycles. The molecule has 0 aromatic carbocycles. The minimum atomic E-state index is -0.109. The van der Waals surface area contributed by atoms with Gasteiger partial charge in [0.15, 0.2) is 0 Å². The average Bonchev–Trinajstić information content (AvgIpc) is 2.70. The zero-order valence-electron chi connectivity index (χ0n) is 10.2. The monoisotopic (exact) mass is 240 g/mol. The molecule has 4 heteroatoms. The van der Waals surface area contributed by atoms with E-state index in [0.29, 0.717) is 6.54 Å². The largest absolute Gasteiger partial charge is 0.350 e. The van der Waals surface area contributed by atoms with Gasteiger partial charge in [-0.1, -0.05) is 13.0 Å². The molecular formula is C12H20N2OS. The van der Waals surface area contributed by atoms with Gasteiger partial charge >= 0.3 is 0 Å². The highest BCUT2D eigenvalue weighted by molar-refractivity contribution is 7.09. The van der Waals surface area contributed by atoms with E-state index in [2.05, 4.69) is 23.6 Å². The second-order valence-electron chi connectivity index (χ2n) is 4.47. The van der Waals surface area contributed by atoms with Crippen LogP contribution in [-0.4, -0.2) is 18.0 Å². The van der Waals surface area contributed by atoms with Crippen LogP contribution in [0.5, 0.6) is 0 Å². The van der Waals surface area contributed by atoms with Crippen molar-refractivity contribution in [3.63, 3.8) is 0 Å². The summed E-state index contributed by atoms with van der Waals surface area (Å²) in [6.45, 7) is 7.27. The summed E-state index contributed by atoms with van der Waals surface area (Å²) in [6.07, 6.45) is 0.934. The van der Waals surface area contributed by atoms with E-state index in [-0.39, 0.29) is 11.4 Å². The first-order valence-electron chi connectivity index (χ1n) is 5.57. The Bertz CT molecular complexity index is 320. The molecule has 90 valence electrons. The Balaban J connectivity index is 2.20. The van der Waals surface area contributed by atoms with Crippen molar-refractivity contribution in [2.45, 2.75) is 39.3 Å². The van der Waals surface area contributed by atoms with E-state index in [4.69, 9.17) is 0 Å². The molecule has 1 heterocycles. The Labute approximate surface area is 101 Å². The first kappa shape index (κ1) is 13.2. The van der Waals surface area contributed by atoms with Gasteiger partial charge in [-0.15, -0.1) is 11.3 Å². The van der Waals surface area contributed by atoms with Gasteiger partial charge in [0, 0.05) is 17.0 Å². The standard InChI is InChI=1S/C12H20N2OS/c1-4-12(2,3)14-11(15)9-13-8-10-6-5-7-16-10/h5-7,13H,4,8-9H2,1-3H3,(H,14,15). The highest BCUT2D eigenvalue weighted by atomic mass is 32.1. The molecule has 0 aliphatic heterocycles. The predicted octanol–water partition coefficient (Wildman–Crippen LogP) is 2.14. The van der Waals surface area contributed by atoms with E-state index in [0.717, 1.165) is 13.0 Å². The van der Waals surface area contributed by atoms with E-state index in [1.165, 1.54) is 4.88 Å². The molecule has 16 heavy (non-hydrogen) atoms. The van der Waals surface area contributed by atoms with E-state index in [1.807, 2.05) is 25.3 Å². The van der Waals surface area contributed by atoms with E-state index in [9.17, 15) is 4.79 Å². The first-order chi connectivity index (χ1) is 7.53. The molecule has 3 nitrogen and oxygen atoms in total. The molecule has 0 bridgehead atoms. The SMILES string of the molecule is CCC(C)(C)NC(=O)CNCc1cccs1. The van der Waals surface area contributed by atoms with Crippen LogP contribution in [0.2, 0.25) is 0 Å². The molecule has 1 amide bonds. The van der Waals surface area contributed by atoms with Crippen LogP contribution in [0.4, 0.5) is 0 Å². The third kappa shape index (κ3) is 4.77. The highest BCUT2D eigenvalue weighted by Gasteiger charge is 2.16. The number of nitrogens with one attached hydrogen (secondary N) is 2. The summed E-state index contributed by atoms with van der Waals surface area (Å²) in [4.78, 5) is 12.8. The Morgan fingerprint density at radius 2 is 2.25 bits per heavy atom. The summed E-state index contributed by atoms with van der Waals surface area (Å²) >= 11 is 1.70. The number of amides is 1. The van der Waals surface area contributed by atoms with Crippen LogP contribution < -0.4 is 10.6 Å². The van der Waals surface area contributed by atoms with Crippen LogP contribution in [0.25, 0.3) is 0 Å². The van der Waals surface area contributed by atoms with Crippen molar-refractivity contribution in [1.82, 2.24) is 10.6 Å². The Morgan fingerprint density at radius 3 is 2.81 bits per heavy atom. The quantitative estimate of drug-likeness (QED) is 0.800. The lowest BCUT2D eigenvalue weighted by molar-refractivity contribution is -0.121. The molecule has 0 saturated carbocycles. The fourth-order valence-corrected chi connectivity index (χ4v) is 1.90. The third-order valence-electron chi connectivity index (χ3n) is 2.53. The molecule has 0 radical (unpaired) electrons. The van der Waals surface area contributed by atoms with Crippen LogP contribution in [-0.2, 0) is 11.3 Å². The zero-order chi connectivity index (χ0) is 12.0. The maximum absolute atomic E-state index is 11.6. The van der Waals surface area contributed by atoms with Crippen molar-refractivity contribution in [3.05, 3.63) is 22.4 Å². The van der Waals surface area contributed by atoms with Crippen LogP contribution >= 0.6 is 11.3 Å². The van der Waals surface area contributed by atoms with Gasteiger partial charge in [-0.05, 0) is 31.7 Å². The van der Waals surface area contributed by atoms with Crippen molar-refractivity contribution >= 4 is 17.2 Å². The van der Waals surface area contributed by atoms with Crippen LogP contribution in [0.15, 0.2) is 17.5 Å². The van der Waals surface area contributed by atoms with Crippen LogP contribution in [0, 0.1) is 0 Å². The molecule has 1 rings (SSSR count). The maximum Gasteiger partial charge on any atom is 0.234 e. The molecule has 2 N–H and O–H groups in total. The van der Waals surface area contributed by atoms with Gasteiger partial charge in [0.1, 0.15) is 0 Å². The number of hydrogen-bond donors (Lipinski definition) is 2. The fourth-order valence-electron chi connectivity index (χ4n) is 1.22. The van der Waals surface area contributed by atoms with Crippen molar-refractivity contribution in [1.29, 1.82) is 0 Å². The van der Waals surface area contributed by atoms with Gasteiger partial charge in [0.2, 0.25) is 5.91 Å². The minimum absolute atomic E-state index is 0.0587. The summed E-state index contributed by atoms with van der Waals surface area (Å²) < 4.78 is 0. The highest BCUT2D eigenvalue weighted by Crippen LogP contribution is 2.07. The molecule has 1 aromatic rings. The van der Waals surface area contributed by atoms with E-state index >= 15 is 0 Å². The molecule has 0 fully saturated rings. The maximum atomic E-state index is 11.6. The fraction of sp³-hybridized carbons (Fsp3) is 0.583. The summed E-state index contributed by atoms with van der Waals surface area (Å²) in [6, 6.07) is 4.08. The number of hydrogen-bond acceptors (Lipinski definition) is 3. The molecule has 0 atom stereocenters. The Kier molecular flexibility index (Phi) is 4.96. The van der Waals surface area contributed by atoms with Crippen molar-refractivity contribution in [2.75, 3.05) is 6.54 Å². The molecule has 0 saturated heterocycles.